The van der Waals surface area contributed by atoms with Crippen LogP contribution in [0.2, 0.25) is 5.02 Å². The number of carbonyl (C=O) groups is 1. The highest BCUT2D eigenvalue weighted by molar-refractivity contribution is 6.31. The molecule has 2 N–H and O–H groups in total. The summed E-state index contributed by atoms with van der Waals surface area (Å²) in [7, 11) is 0. The zero-order chi connectivity index (χ0) is 14.1. The predicted octanol–water partition coefficient (Wildman–Crippen LogP) is 2.91. The van der Waals surface area contributed by atoms with E-state index >= 15 is 0 Å². The van der Waals surface area contributed by atoms with Crippen LogP contribution in [0.25, 0.3) is 0 Å². The predicted molar refractivity (Wildman–Crippen MR) is 80.4 cm³/mol. The van der Waals surface area contributed by atoms with Crippen molar-refractivity contribution >= 4 is 17.5 Å². The number of nitrogens with zero attached hydrogens (tertiary/aromatic N) is 1. The zero-order valence-electron chi connectivity index (χ0n) is 11.3. The van der Waals surface area contributed by atoms with E-state index in [1.807, 2.05) is 41.3 Å². The first-order valence-electron chi connectivity index (χ1n) is 7.15. The van der Waals surface area contributed by atoms with Gasteiger partial charge in [-0.3, -0.25) is 4.79 Å². The highest BCUT2D eigenvalue weighted by Gasteiger charge is 2.35. The fraction of sp³-hybridized carbons (Fsp3) is 0.438. The van der Waals surface area contributed by atoms with Gasteiger partial charge in [0.15, 0.2) is 0 Å². The van der Waals surface area contributed by atoms with Gasteiger partial charge in [0.1, 0.15) is 0 Å². The summed E-state index contributed by atoms with van der Waals surface area (Å²) in [5.74, 6) is 0.129. The van der Waals surface area contributed by atoms with Crippen LogP contribution in [0.5, 0.6) is 0 Å². The third-order valence-corrected chi connectivity index (χ3v) is 4.58. The summed E-state index contributed by atoms with van der Waals surface area (Å²) in [5, 5.41) is 0.746. The number of hydrogen-bond acceptors (Lipinski definition) is 2. The molecular formula is C16H19ClN2O. The van der Waals surface area contributed by atoms with Gasteiger partial charge in [0.2, 0.25) is 5.91 Å². The maximum Gasteiger partial charge on any atom is 0.230 e. The zero-order valence-corrected chi connectivity index (χ0v) is 12.1. The number of benzene rings is 1. The van der Waals surface area contributed by atoms with Gasteiger partial charge in [-0.15, -0.1) is 0 Å². The Hall–Kier alpha value is -1.32. The quantitative estimate of drug-likeness (QED) is 0.851. The van der Waals surface area contributed by atoms with Crippen molar-refractivity contribution in [2.75, 3.05) is 6.54 Å². The topological polar surface area (TPSA) is 46.3 Å². The molecule has 1 aromatic carbocycles. The monoisotopic (exact) mass is 290 g/mol. The molecule has 1 heterocycles. The fourth-order valence-electron chi connectivity index (χ4n) is 3.22. The van der Waals surface area contributed by atoms with Crippen LogP contribution in [0.1, 0.15) is 30.9 Å². The van der Waals surface area contributed by atoms with E-state index < -0.39 is 0 Å². The third-order valence-electron chi connectivity index (χ3n) is 4.23. The number of rotatable bonds is 2. The van der Waals surface area contributed by atoms with Crippen molar-refractivity contribution in [2.24, 2.45) is 11.7 Å². The van der Waals surface area contributed by atoms with Gasteiger partial charge in [0.05, 0.1) is 12.0 Å². The summed E-state index contributed by atoms with van der Waals surface area (Å²) in [4.78, 5) is 14.6. The van der Waals surface area contributed by atoms with Crippen LogP contribution < -0.4 is 5.73 Å². The lowest BCUT2D eigenvalue weighted by molar-refractivity contribution is -0.135. The lowest BCUT2D eigenvalue weighted by atomic mass is 10.0. The van der Waals surface area contributed by atoms with Crippen molar-refractivity contribution in [3.63, 3.8) is 0 Å². The van der Waals surface area contributed by atoms with Crippen LogP contribution >= 0.6 is 11.6 Å². The molecule has 0 bridgehead atoms. The van der Waals surface area contributed by atoms with E-state index in [-0.39, 0.29) is 23.9 Å². The average molecular weight is 291 g/mol. The molecule has 3 nitrogen and oxygen atoms in total. The summed E-state index contributed by atoms with van der Waals surface area (Å²) in [6, 6.07) is 7.95. The van der Waals surface area contributed by atoms with Gasteiger partial charge >= 0.3 is 0 Å². The largest absolute Gasteiger partial charge is 0.335 e. The molecule has 3 unspecified atom stereocenters. The second-order valence-electron chi connectivity index (χ2n) is 5.60. The van der Waals surface area contributed by atoms with Gasteiger partial charge in [-0.25, -0.2) is 0 Å². The normalized spacial score (nSPS) is 29.1. The van der Waals surface area contributed by atoms with E-state index in [1.54, 1.807) is 0 Å². The Morgan fingerprint density at radius 1 is 1.30 bits per heavy atom. The van der Waals surface area contributed by atoms with Crippen LogP contribution in [0.3, 0.4) is 0 Å². The highest BCUT2D eigenvalue weighted by Crippen LogP contribution is 2.37. The summed E-state index contributed by atoms with van der Waals surface area (Å²) in [6.45, 7) is 0.814. The van der Waals surface area contributed by atoms with Crippen molar-refractivity contribution in [1.82, 2.24) is 4.90 Å². The van der Waals surface area contributed by atoms with E-state index in [9.17, 15) is 4.79 Å². The van der Waals surface area contributed by atoms with Crippen molar-refractivity contribution < 1.29 is 4.79 Å². The fourth-order valence-corrected chi connectivity index (χ4v) is 3.48. The minimum Gasteiger partial charge on any atom is -0.335 e. The maximum absolute atomic E-state index is 12.7. The molecule has 3 rings (SSSR count). The first kappa shape index (κ1) is 13.7. The SMILES string of the molecule is NC1C=CC(C(=O)N2CCCC2c2ccccc2Cl)C1. The molecule has 0 radical (unpaired) electrons. The standard InChI is InChI=1S/C16H19ClN2O/c17-14-5-2-1-4-13(14)15-6-3-9-19(15)16(20)11-7-8-12(18)10-11/h1-2,4-5,7-8,11-12,15H,3,6,9-10,18H2. The Morgan fingerprint density at radius 2 is 2.10 bits per heavy atom. The van der Waals surface area contributed by atoms with Crippen LogP contribution in [0, 0.1) is 5.92 Å². The molecule has 3 atom stereocenters. The second-order valence-corrected chi connectivity index (χ2v) is 6.01. The van der Waals surface area contributed by atoms with Crippen LogP contribution in [-0.2, 0) is 4.79 Å². The molecule has 1 saturated heterocycles. The first-order valence-corrected chi connectivity index (χ1v) is 7.53. The highest BCUT2D eigenvalue weighted by atomic mass is 35.5. The van der Waals surface area contributed by atoms with Gasteiger partial charge in [0.25, 0.3) is 0 Å². The first-order chi connectivity index (χ1) is 9.66. The van der Waals surface area contributed by atoms with Gasteiger partial charge in [-0.05, 0) is 30.9 Å². The second kappa shape index (κ2) is 5.58. The van der Waals surface area contributed by atoms with Crippen LogP contribution in [0.15, 0.2) is 36.4 Å². The Morgan fingerprint density at radius 3 is 2.80 bits per heavy atom. The Kier molecular flexibility index (Phi) is 3.81. The minimum atomic E-state index is -0.0620. The maximum atomic E-state index is 12.7. The molecule has 20 heavy (non-hydrogen) atoms. The summed E-state index contributed by atoms with van der Waals surface area (Å²) >= 11 is 6.29. The van der Waals surface area contributed by atoms with E-state index in [0.717, 1.165) is 36.4 Å². The number of carbonyl (C=O) groups excluding carboxylic acids is 1. The van der Waals surface area contributed by atoms with E-state index in [1.165, 1.54) is 0 Å². The Labute approximate surface area is 124 Å². The van der Waals surface area contributed by atoms with E-state index in [0.29, 0.717) is 0 Å². The molecule has 0 aromatic heterocycles. The van der Waals surface area contributed by atoms with E-state index in [2.05, 4.69) is 0 Å². The molecule has 1 amide bonds. The molecular weight excluding hydrogens is 272 g/mol. The molecule has 0 saturated carbocycles. The molecule has 1 aliphatic carbocycles. The third kappa shape index (κ3) is 2.48. The Balaban J connectivity index is 1.81. The van der Waals surface area contributed by atoms with Gasteiger partial charge in [0, 0.05) is 17.6 Å². The lowest BCUT2D eigenvalue weighted by Gasteiger charge is -2.28. The molecule has 1 aromatic rings. The van der Waals surface area contributed by atoms with Crippen molar-refractivity contribution in [2.45, 2.75) is 31.3 Å². The molecule has 2 aliphatic rings. The molecule has 1 aliphatic heterocycles. The van der Waals surface area contributed by atoms with E-state index in [4.69, 9.17) is 17.3 Å². The summed E-state index contributed by atoms with van der Waals surface area (Å²) in [6.07, 6.45) is 6.63. The summed E-state index contributed by atoms with van der Waals surface area (Å²) in [5.41, 5.74) is 6.91. The van der Waals surface area contributed by atoms with Crippen molar-refractivity contribution in [1.29, 1.82) is 0 Å². The number of nitrogens with two attached hydrogens (primary N) is 1. The molecule has 1 fully saturated rings. The number of hydrogen-bond donors (Lipinski definition) is 1. The molecule has 106 valence electrons. The van der Waals surface area contributed by atoms with Gasteiger partial charge in [-0.2, -0.15) is 0 Å². The lowest BCUT2D eigenvalue weighted by Crippen LogP contribution is -2.35. The van der Waals surface area contributed by atoms with Gasteiger partial charge in [-0.1, -0.05) is 42.0 Å². The Bertz CT molecular complexity index is 543. The smallest absolute Gasteiger partial charge is 0.230 e. The molecule has 4 heteroatoms. The van der Waals surface area contributed by atoms with Crippen molar-refractivity contribution in [3.05, 3.63) is 47.0 Å². The molecule has 0 spiro atoms. The van der Waals surface area contributed by atoms with Crippen molar-refractivity contribution in [3.8, 4) is 0 Å². The minimum absolute atomic E-state index is 0.0188. The van der Waals surface area contributed by atoms with Crippen LogP contribution in [-0.4, -0.2) is 23.4 Å². The summed E-state index contributed by atoms with van der Waals surface area (Å²) < 4.78 is 0. The van der Waals surface area contributed by atoms with Crippen LogP contribution in [0.4, 0.5) is 0 Å². The van der Waals surface area contributed by atoms with Gasteiger partial charge < -0.3 is 10.6 Å². The number of halogens is 1. The average Bonchev–Trinajstić information content (AvgIpc) is 3.07. The number of amides is 1. The number of likely N-dealkylation sites (tertiary alicyclic amines) is 1.